The number of aromatic nitrogens is 1. The number of benzene rings is 1. The zero-order valence-corrected chi connectivity index (χ0v) is 11.5. The van der Waals surface area contributed by atoms with Crippen LogP contribution >= 0.6 is 0 Å². The number of methoxy groups -OCH3 is 1. The van der Waals surface area contributed by atoms with Crippen LogP contribution in [0.5, 0.6) is 0 Å². The van der Waals surface area contributed by atoms with Crippen molar-refractivity contribution < 1.29 is 4.74 Å². The number of para-hydroxylation sites is 1. The smallest absolute Gasteiger partial charge is 0.0587 e. The fourth-order valence-corrected chi connectivity index (χ4v) is 2.14. The molecule has 104 valence electrons. The Morgan fingerprint density at radius 3 is 2.84 bits per heavy atom. The van der Waals surface area contributed by atoms with E-state index in [4.69, 9.17) is 4.74 Å². The number of hydrogen-bond donors (Lipinski definition) is 3. The average molecular weight is 261 g/mol. The molecule has 0 radical (unpaired) electrons. The highest BCUT2D eigenvalue weighted by Gasteiger charge is 2.01. The molecule has 0 aliphatic carbocycles. The topological polar surface area (TPSA) is 49.1 Å². The van der Waals surface area contributed by atoms with Gasteiger partial charge in [-0.1, -0.05) is 18.2 Å². The van der Waals surface area contributed by atoms with Crippen molar-refractivity contribution in [1.29, 1.82) is 0 Å². The number of H-pyrrole nitrogens is 1. The Bertz CT molecular complexity index is 481. The van der Waals surface area contributed by atoms with Gasteiger partial charge in [-0.3, -0.25) is 0 Å². The van der Waals surface area contributed by atoms with E-state index in [1.54, 1.807) is 7.11 Å². The van der Waals surface area contributed by atoms with E-state index in [1.807, 2.05) is 0 Å². The van der Waals surface area contributed by atoms with Gasteiger partial charge in [0.1, 0.15) is 0 Å². The van der Waals surface area contributed by atoms with Crippen LogP contribution in [0.2, 0.25) is 0 Å². The van der Waals surface area contributed by atoms with Crippen molar-refractivity contribution in [2.75, 3.05) is 33.4 Å². The molecule has 2 rings (SSSR count). The van der Waals surface area contributed by atoms with Gasteiger partial charge in [-0.15, -0.1) is 0 Å². The van der Waals surface area contributed by atoms with Gasteiger partial charge in [0.2, 0.25) is 0 Å². The number of fused-ring (bicyclic) bond motifs is 1. The van der Waals surface area contributed by atoms with Gasteiger partial charge >= 0.3 is 0 Å². The minimum absolute atomic E-state index is 0.781. The molecule has 4 nitrogen and oxygen atoms in total. The van der Waals surface area contributed by atoms with Gasteiger partial charge in [-0.25, -0.2) is 0 Å². The first-order valence-electron chi connectivity index (χ1n) is 6.87. The minimum Gasteiger partial charge on any atom is -0.383 e. The second-order valence-electron chi connectivity index (χ2n) is 4.63. The summed E-state index contributed by atoms with van der Waals surface area (Å²) in [4.78, 5) is 3.30. The molecule has 0 fully saturated rings. The lowest BCUT2D eigenvalue weighted by Gasteiger charge is -2.05. The largest absolute Gasteiger partial charge is 0.383 e. The average Bonchev–Trinajstić information content (AvgIpc) is 2.85. The number of rotatable bonds is 9. The molecule has 0 atom stereocenters. The summed E-state index contributed by atoms with van der Waals surface area (Å²) in [5.74, 6) is 0. The lowest BCUT2D eigenvalue weighted by atomic mass is 10.2. The fraction of sp³-hybridized carbons (Fsp3) is 0.467. The fourth-order valence-electron chi connectivity index (χ4n) is 2.14. The zero-order chi connectivity index (χ0) is 13.3. The first kappa shape index (κ1) is 14.1. The molecule has 1 heterocycles. The van der Waals surface area contributed by atoms with Gasteiger partial charge in [0, 0.05) is 37.3 Å². The van der Waals surface area contributed by atoms with Gasteiger partial charge in [-0.05, 0) is 31.1 Å². The normalized spacial score (nSPS) is 11.2. The van der Waals surface area contributed by atoms with Crippen molar-refractivity contribution in [3.63, 3.8) is 0 Å². The Labute approximate surface area is 114 Å². The summed E-state index contributed by atoms with van der Waals surface area (Å²) in [5, 5.41) is 8.13. The van der Waals surface area contributed by atoms with Crippen LogP contribution in [0.15, 0.2) is 30.5 Å². The van der Waals surface area contributed by atoms with Gasteiger partial charge in [0.05, 0.1) is 6.61 Å². The third kappa shape index (κ3) is 4.35. The van der Waals surface area contributed by atoms with Crippen molar-refractivity contribution in [2.24, 2.45) is 0 Å². The van der Waals surface area contributed by atoms with Crippen molar-refractivity contribution in [1.82, 2.24) is 15.6 Å². The highest BCUT2D eigenvalue weighted by molar-refractivity contribution is 5.82. The van der Waals surface area contributed by atoms with Crippen molar-refractivity contribution >= 4 is 10.9 Å². The molecule has 0 aliphatic heterocycles. The second kappa shape index (κ2) is 7.94. The number of hydrogen-bond acceptors (Lipinski definition) is 3. The molecule has 19 heavy (non-hydrogen) atoms. The molecule has 0 spiro atoms. The Balaban J connectivity index is 1.63. The Morgan fingerprint density at radius 2 is 1.95 bits per heavy atom. The molecule has 0 aliphatic rings. The summed E-state index contributed by atoms with van der Waals surface area (Å²) < 4.78 is 4.98. The predicted molar refractivity (Wildman–Crippen MR) is 79.4 cm³/mol. The first-order valence-corrected chi connectivity index (χ1v) is 6.87. The van der Waals surface area contributed by atoms with E-state index in [2.05, 4.69) is 46.1 Å². The van der Waals surface area contributed by atoms with Crippen molar-refractivity contribution in [3.05, 3.63) is 36.0 Å². The molecule has 0 unspecified atom stereocenters. The predicted octanol–water partition coefficient (Wildman–Crippen LogP) is 1.88. The molecule has 0 saturated carbocycles. The van der Waals surface area contributed by atoms with Crippen LogP contribution in [0.3, 0.4) is 0 Å². The molecule has 0 saturated heterocycles. The summed E-state index contributed by atoms with van der Waals surface area (Å²) in [6.45, 7) is 4.69. The summed E-state index contributed by atoms with van der Waals surface area (Å²) in [5.41, 5.74) is 2.54. The highest BCUT2D eigenvalue weighted by Crippen LogP contribution is 2.16. The third-order valence-electron chi connectivity index (χ3n) is 3.18. The highest BCUT2D eigenvalue weighted by atomic mass is 16.5. The first-order chi connectivity index (χ1) is 9.42. The maximum atomic E-state index is 4.98. The number of ether oxygens (including phenoxy) is 1. The SMILES string of the molecule is COCCNCCCNCc1c[nH]c2ccccc12. The summed E-state index contributed by atoms with van der Waals surface area (Å²) in [6, 6.07) is 8.41. The Hall–Kier alpha value is -1.36. The Kier molecular flexibility index (Phi) is 5.88. The molecule has 0 bridgehead atoms. The molecule has 4 heteroatoms. The van der Waals surface area contributed by atoms with Crippen LogP contribution in [0, 0.1) is 0 Å². The monoisotopic (exact) mass is 261 g/mol. The van der Waals surface area contributed by atoms with Crippen LogP contribution in [0.1, 0.15) is 12.0 Å². The van der Waals surface area contributed by atoms with E-state index in [1.165, 1.54) is 16.5 Å². The van der Waals surface area contributed by atoms with Gasteiger partial charge in [0.15, 0.2) is 0 Å². The van der Waals surface area contributed by atoms with E-state index in [9.17, 15) is 0 Å². The molecule has 1 aromatic carbocycles. The van der Waals surface area contributed by atoms with Crippen LogP contribution in [-0.4, -0.2) is 38.3 Å². The maximum Gasteiger partial charge on any atom is 0.0587 e. The van der Waals surface area contributed by atoms with E-state index in [-0.39, 0.29) is 0 Å². The standard InChI is InChI=1S/C15H23N3O/c1-19-10-9-16-7-4-8-17-11-13-12-18-15-6-3-2-5-14(13)15/h2-3,5-6,12,16-18H,4,7-11H2,1H3. The van der Waals surface area contributed by atoms with Crippen molar-refractivity contribution in [3.8, 4) is 0 Å². The van der Waals surface area contributed by atoms with Crippen LogP contribution in [-0.2, 0) is 11.3 Å². The molecular formula is C15H23N3O. The summed E-state index contributed by atoms with van der Waals surface area (Å²) in [7, 11) is 1.73. The zero-order valence-electron chi connectivity index (χ0n) is 11.5. The lowest BCUT2D eigenvalue weighted by Crippen LogP contribution is -2.24. The van der Waals surface area contributed by atoms with E-state index in [0.717, 1.165) is 39.2 Å². The van der Waals surface area contributed by atoms with Crippen molar-refractivity contribution in [2.45, 2.75) is 13.0 Å². The van der Waals surface area contributed by atoms with Crippen LogP contribution < -0.4 is 10.6 Å². The lowest BCUT2D eigenvalue weighted by molar-refractivity contribution is 0.199. The molecule has 1 aromatic heterocycles. The van der Waals surface area contributed by atoms with E-state index in [0.29, 0.717) is 0 Å². The quantitative estimate of drug-likeness (QED) is 0.604. The Morgan fingerprint density at radius 1 is 1.11 bits per heavy atom. The van der Waals surface area contributed by atoms with Crippen LogP contribution in [0.4, 0.5) is 0 Å². The molecule has 0 amide bonds. The second-order valence-corrected chi connectivity index (χ2v) is 4.63. The summed E-state index contributed by atoms with van der Waals surface area (Å²) >= 11 is 0. The molecule has 2 aromatic rings. The van der Waals surface area contributed by atoms with Gasteiger partial charge < -0.3 is 20.4 Å². The summed E-state index contributed by atoms with van der Waals surface area (Å²) in [6.07, 6.45) is 3.22. The maximum absolute atomic E-state index is 4.98. The molecule has 3 N–H and O–H groups in total. The van der Waals surface area contributed by atoms with Crippen LogP contribution in [0.25, 0.3) is 10.9 Å². The minimum atomic E-state index is 0.781. The molecular weight excluding hydrogens is 238 g/mol. The van der Waals surface area contributed by atoms with Gasteiger partial charge in [-0.2, -0.15) is 0 Å². The third-order valence-corrected chi connectivity index (χ3v) is 3.18. The number of nitrogens with one attached hydrogen (secondary N) is 3. The number of aromatic amines is 1. The van der Waals surface area contributed by atoms with Gasteiger partial charge in [0.25, 0.3) is 0 Å². The van der Waals surface area contributed by atoms with E-state index < -0.39 is 0 Å². The van der Waals surface area contributed by atoms with E-state index >= 15 is 0 Å².